The van der Waals surface area contributed by atoms with Gasteiger partial charge in [-0.05, 0) is 18.6 Å². The van der Waals surface area contributed by atoms with Crippen molar-refractivity contribution in [1.82, 2.24) is 9.78 Å². The molecule has 5 heteroatoms. The molecule has 1 aromatic carbocycles. The van der Waals surface area contributed by atoms with Gasteiger partial charge in [0.15, 0.2) is 5.78 Å². The van der Waals surface area contributed by atoms with Crippen LogP contribution in [0.5, 0.6) is 0 Å². The molecule has 0 N–H and O–H groups in total. The summed E-state index contributed by atoms with van der Waals surface area (Å²) in [7, 11) is 1.79. The van der Waals surface area contributed by atoms with Crippen LogP contribution < -0.4 is 0 Å². The van der Waals surface area contributed by atoms with Crippen LogP contribution in [0.4, 0.5) is 0 Å². The normalized spacial score (nSPS) is 10.7. The van der Waals surface area contributed by atoms with Gasteiger partial charge in [0.1, 0.15) is 0 Å². The van der Waals surface area contributed by atoms with Crippen molar-refractivity contribution in [1.29, 1.82) is 0 Å². The summed E-state index contributed by atoms with van der Waals surface area (Å²) in [6, 6.07) is 5.04. The van der Waals surface area contributed by atoms with Gasteiger partial charge < -0.3 is 0 Å². The lowest BCUT2D eigenvalue weighted by molar-refractivity contribution is 0.103. The number of hydrogen-bond acceptors (Lipinski definition) is 2. The van der Waals surface area contributed by atoms with Gasteiger partial charge in [-0.3, -0.25) is 9.48 Å². The van der Waals surface area contributed by atoms with Crippen LogP contribution in [-0.4, -0.2) is 15.6 Å². The van der Waals surface area contributed by atoms with Crippen molar-refractivity contribution in [3.63, 3.8) is 0 Å². The Morgan fingerprint density at radius 3 is 2.72 bits per heavy atom. The van der Waals surface area contributed by atoms with Crippen LogP contribution in [0.2, 0.25) is 10.0 Å². The monoisotopic (exact) mass is 282 g/mol. The van der Waals surface area contributed by atoms with Crippen molar-refractivity contribution < 1.29 is 4.79 Å². The lowest BCUT2D eigenvalue weighted by atomic mass is 10.0. The molecule has 0 aliphatic carbocycles. The Morgan fingerprint density at radius 2 is 2.06 bits per heavy atom. The molecule has 0 saturated carbocycles. The summed E-state index contributed by atoms with van der Waals surface area (Å²) in [5.41, 5.74) is 1.74. The Hall–Kier alpha value is -1.32. The van der Waals surface area contributed by atoms with Gasteiger partial charge in [0.05, 0.1) is 21.3 Å². The first-order valence-corrected chi connectivity index (χ1v) is 6.31. The van der Waals surface area contributed by atoms with E-state index in [0.29, 0.717) is 22.6 Å². The van der Waals surface area contributed by atoms with E-state index < -0.39 is 0 Å². The van der Waals surface area contributed by atoms with Crippen LogP contribution in [0, 0.1) is 0 Å². The zero-order valence-corrected chi connectivity index (χ0v) is 11.6. The van der Waals surface area contributed by atoms with Crippen molar-refractivity contribution in [2.24, 2.45) is 7.05 Å². The number of ketones is 1. The van der Waals surface area contributed by atoms with Crippen LogP contribution in [0.3, 0.4) is 0 Å². The van der Waals surface area contributed by atoms with E-state index in [-0.39, 0.29) is 10.8 Å². The molecule has 2 aromatic rings. The quantitative estimate of drug-likeness (QED) is 0.808. The molecule has 1 aromatic heterocycles. The Kier molecular flexibility index (Phi) is 3.73. The third kappa shape index (κ3) is 2.28. The number of nitrogens with zero attached hydrogens (tertiary/aromatic N) is 2. The average Bonchev–Trinajstić information content (AvgIpc) is 2.73. The molecule has 0 spiro atoms. The maximum atomic E-state index is 12.4. The fraction of sp³-hybridized carbons (Fsp3) is 0.231. The third-order valence-electron chi connectivity index (χ3n) is 2.68. The zero-order chi connectivity index (χ0) is 13.3. The van der Waals surface area contributed by atoms with Crippen molar-refractivity contribution in [3.05, 3.63) is 51.3 Å². The molecule has 18 heavy (non-hydrogen) atoms. The molecule has 0 fully saturated rings. The van der Waals surface area contributed by atoms with Gasteiger partial charge in [-0.2, -0.15) is 5.10 Å². The number of aryl methyl sites for hydroxylation is 2. The lowest BCUT2D eigenvalue weighted by Gasteiger charge is -2.04. The number of carbonyl (C=O) groups is 1. The predicted molar refractivity (Wildman–Crippen MR) is 72.5 cm³/mol. The van der Waals surface area contributed by atoms with Gasteiger partial charge in [-0.1, -0.05) is 36.2 Å². The lowest BCUT2D eigenvalue weighted by Crippen LogP contribution is -2.04. The minimum Gasteiger partial charge on any atom is -0.288 e. The summed E-state index contributed by atoms with van der Waals surface area (Å²) in [6.45, 7) is 1.96. The van der Waals surface area contributed by atoms with Crippen LogP contribution in [0.25, 0.3) is 0 Å². The minimum atomic E-state index is -0.146. The summed E-state index contributed by atoms with van der Waals surface area (Å²) >= 11 is 12.0. The number of hydrogen-bond donors (Lipinski definition) is 0. The first-order chi connectivity index (χ1) is 8.54. The van der Waals surface area contributed by atoms with E-state index in [2.05, 4.69) is 5.10 Å². The van der Waals surface area contributed by atoms with Gasteiger partial charge in [-0.15, -0.1) is 0 Å². The Bertz CT molecular complexity index is 605. The van der Waals surface area contributed by atoms with Crippen molar-refractivity contribution in [3.8, 4) is 0 Å². The molecule has 0 radical (unpaired) electrons. The molecule has 0 unspecified atom stereocenters. The summed E-state index contributed by atoms with van der Waals surface area (Å²) in [5.74, 6) is -0.146. The number of halogens is 2. The first-order valence-electron chi connectivity index (χ1n) is 5.55. The van der Waals surface area contributed by atoms with E-state index in [1.54, 1.807) is 36.1 Å². The maximum absolute atomic E-state index is 12.4. The largest absolute Gasteiger partial charge is 0.288 e. The van der Waals surface area contributed by atoms with Crippen LogP contribution >= 0.6 is 23.2 Å². The van der Waals surface area contributed by atoms with E-state index in [4.69, 9.17) is 23.2 Å². The van der Waals surface area contributed by atoms with Crippen LogP contribution in [-0.2, 0) is 13.5 Å². The predicted octanol–water partition coefficient (Wildman–Crippen LogP) is 3.52. The molecular formula is C13H12Cl2N2O. The van der Waals surface area contributed by atoms with Gasteiger partial charge in [-0.25, -0.2) is 0 Å². The first kappa shape index (κ1) is 13.1. The fourth-order valence-electron chi connectivity index (χ4n) is 1.81. The minimum absolute atomic E-state index is 0.146. The summed E-state index contributed by atoms with van der Waals surface area (Å²) in [5, 5.41) is 4.91. The molecule has 0 bridgehead atoms. The Balaban J connectivity index is 2.51. The molecule has 0 aliphatic rings. The fourth-order valence-corrected chi connectivity index (χ4v) is 2.20. The van der Waals surface area contributed by atoms with Gasteiger partial charge in [0.2, 0.25) is 0 Å². The summed E-state index contributed by atoms with van der Waals surface area (Å²) in [6.07, 6.45) is 2.40. The number of aromatic nitrogens is 2. The SMILES string of the molecule is CCc1nn(C)cc1C(=O)c1cccc(Cl)c1Cl. The van der Waals surface area contributed by atoms with E-state index >= 15 is 0 Å². The second-order valence-corrected chi connectivity index (χ2v) is 4.73. The highest BCUT2D eigenvalue weighted by molar-refractivity contribution is 6.44. The highest BCUT2D eigenvalue weighted by Crippen LogP contribution is 2.28. The zero-order valence-electron chi connectivity index (χ0n) is 10.1. The highest BCUT2D eigenvalue weighted by atomic mass is 35.5. The molecule has 94 valence electrons. The Labute approximate surface area is 115 Å². The molecule has 3 nitrogen and oxygen atoms in total. The van der Waals surface area contributed by atoms with Gasteiger partial charge in [0.25, 0.3) is 0 Å². The standard InChI is InChI=1S/C13H12Cl2N2O/c1-3-11-9(7-17(2)16-11)13(18)8-5-4-6-10(14)12(8)15/h4-7H,3H2,1-2H3. The molecule has 2 rings (SSSR count). The van der Waals surface area contributed by atoms with E-state index in [0.717, 1.165) is 5.69 Å². The average molecular weight is 283 g/mol. The van der Waals surface area contributed by atoms with Crippen LogP contribution in [0.1, 0.15) is 28.5 Å². The van der Waals surface area contributed by atoms with Crippen molar-refractivity contribution >= 4 is 29.0 Å². The van der Waals surface area contributed by atoms with Crippen molar-refractivity contribution in [2.45, 2.75) is 13.3 Å². The van der Waals surface area contributed by atoms with E-state index in [1.165, 1.54) is 0 Å². The second-order valence-electron chi connectivity index (χ2n) is 3.95. The summed E-state index contributed by atoms with van der Waals surface area (Å²) in [4.78, 5) is 12.4. The molecule has 0 atom stereocenters. The van der Waals surface area contributed by atoms with Gasteiger partial charge >= 0.3 is 0 Å². The molecule has 0 saturated heterocycles. The Morgan fingerprint density at radius 1 is 1.33 bits per heavy atom. The number of benzene rings is 1. The van der Waals surface area contributed by atoms with E-state index in [1.807, 2.05) is 6.92 Å². The molecular weight excluding hydrogens is 271 g/mol. The molecule has 0 amide bonds. The maximum Gasteiger partial charge on any atom is 0.198 e. The van der Waals surface area contributed by atoms with Gasteiger partial charge in [0, 0.05) is 18.8 Å². The number of carbonyl (C=O) groups excluding carboxylic acids is 1. The molecule has 1 heterocycles. The van der Waals surface area contributed by atoms with Crippen molar-refractivity contribution in [2.75, 3.05) is 0 Å². The van der Waals surface area contributed by atoms with Crippen LogP contribution in [0.15, 0.2) is 24.4 Å². The summed E-state index contributed by atoms with van der Waals surface area (Å²) < 4.78 is 1.63. The second kappa shape index (κ2) is 5.12. The third-order valence-corrected chi connectivity index (χ3v) is 3.50. The topological polar surface area (TPSA) is 34.9 Å². The number of rotatable bonds is 3. The highest BCUT2D eigenvalue weighted by Gasteiger charge is 2.19. The smallest absolute Gasteiger partial charge is 0.198 e. The molecule has 0 aliphatic heterocycles. The van der Waals surface area contributed by atoms with E-state index in [9.17, 15) is 4.79 Å².